The van der Waals surface area contributed by atoms with Gasteiger partial charge in [0.2, 0.25) is 0 Å². The molecule has 0 saturated heterocycles. The second kappa shape index (κ2) is 5.30. The Bertz CT molecular complexity index is 62.7. The van der Waals surface area contributed by atoms with E-state index in [0.29, 0.717) is 0 Å². The summed E-state index contributed by atoms with van der Waals surface area (Å²) in [5.41, 5.74) is 0. The van der Waals surface area contributed by atoms with Gasteiger partial charge in [0, 0.05) is 31.9 Å². The van der Waals surface area contributed by atoms with Crippen molar-refractivity contribution in [1.29, 1.82) is 0 Å². The molecule has 0 aromatic carbocycles. The van der Waals surface area contributed by atoms with Gasteiger partial charge in [0.25, 0.3) is 0 Å². The van der Waals surface area contributed by atoms with Crippen molar-refractivity contribution in [3.8, 4) is 0 Å². The van der Waals surface area contributed by atoms with Gasteiger partial charge in [-0.1, -0.05) is 0 Å². The Balaban J connectivity index is 0. The fraction of sp³-hybridized carbons (Fsp3) is 1.00. The predicted molar refractivity (Wildman–Crippen MR) is 44.2 cm³/mol. The topological polar surface area (TPSA) is 0 Å². The quantitative estimate of drug-likeness (QED) is 0.562. The maximum atomic E-state index is 11.0. The summed E-state index contributed by atoms with van der Waals surface area (Å²) in [6, 6.07) is 0. The number of hydrogen-bond donors (Lipinski definition) is 0. The lowest BCUT2D eigenvalue weighted by molar-refractivity contribution is 0.229. The van der Waals surface area contributed by atoms with E-state index in [1.807, 2.05) is 31.9 Å². The standard InChI is InChI=1S/CBr2F2.CCl3F/c2*2-1(3,4)5. The summed E-state index contributed by atoms with van der Waals surface area (Å²) >= 11 is 17.1. The zero-order valence-corrected chi connectivity index (χ0v) is 9.46. The summed E-state index contributed by atoms with van der Waals surface area (Å²) in [4.78, 5) is 0. The van der Waals surface area contributed by atoms with Crippen molar-refractivity contribution in [2.45, 2.75) is 7.79 Å². The van der Waals surface area contributed by atoms with Gasteiger partial charge in [-0.05, 0) is 34.8 Å². The van der Waals surface area contributed by atoms with E-state index in [-0.39, 0.29) is 0 Å². The molecule has 0 spiro atoms. The maximum Gasteiger partial charge on any atom is 0.356 e. The van der Waals surface area contributed by atoms with Crippen molar-refractivity contribution in [2.24, 2.45) is 0 Å². The molecule has 0 unspecified atom stereocenters. The number of alkyl halides is 8. The molecule has 0 saturated carbocycles. The zero-order valence-electron chi connectivity index (χ0n) is 4.02. The highest BCUT2D eigenvalue weighted by atomic mass is 79.9. The van der Waals surface area contributed by atoms with Crippen LogP contribution in [0.15, 0.2) is 0 Å². The van der Waals surface area contributed by atoms with Crippen LogP contribution in [0.3, 0.4) is 0 Å². The number of hydrogen-bond acceptors (Lipinski definition) is 0. The fourth-order valence-electron chi connectivity index (χ4n) is 0. The van der Waals surface area contributed by atoms with E-state index >= 15 is 0 Å². The summed E-state index contributed by atoms with van der Waals surface area (Å²) in [6.45, 7) is 0. The molecule has 0 aromatic rings. The summed E-state index contributed by atoms with van der Waals surface area (Å²) in [5.74, 6) is 0. The molecule has 0 heterocycles. The van der Waals surface area contributed by atoms with Gasteiger partial charge in [0.1, 0.15) is 0 Å². The predicted octanol–water partition coefficient (Wildman–Crippen LogP) is 4.61. The van der Waals surface area contributed by atoms with Crippen LogP contribution in [-0.2, 0) is 0 Å². The lowest BCUT2D eigenvalue weighted by Crippen LogP contribution is -1.84. The summed E-state index contributed by atoms with van der Waals surface area (Å²) < 4.78 is 27.2. The molecule has 10 heavy (non-hydrogen) atoms. The van der Waals surface area contributed by atoms with Crippen LogP contribution in [0, 0.1) is 0 Å². The number of halogens is 8. The molecule has 0 N–H and O–H groups in total. The van der Waals surface area contributed by atoms with Gasteiger partial charge in [-0.3, -0.25) is 0 Å². The third-order valence-corrected chi connectivity index (χ3v) is 0. The van der Waals surface area contributed by atoms with Crippen molar-refractivity contribution in [1.82, 2.24) is 0 Å². The molecule has 0 nitrogen and oxygen atoms in total. The van der Waals surface area contributed by atoms with Crippen LogP contribution in [0.5, 0.6) is 0 Å². The summed E-state index contributed by atoms with van der Waals surface area (Å²) in [7, 11) is 0. The molecular weight excluding hydrogens is 347 g/mol. The van der Waals surface area contributed by atoms with Crippen LogP contribution >= 0.6 is 66.7 Å². The monoisotopic (exact) mass is 344 g/mol. The Morgan fingerprint density at radius 3 is 0.900 bits per heavy atom. The molecule has 0 aliphatic carbocycles. The van der Waals surface area contributed by atoms with E-state index in [4.69, 9.17) is 0 Å². The van der Waals surface area contributed by atoms with Gasteiger partial charge in [-0.2, -0.15) is 13.2 Å². The van der Waals surface area contributed by atoms with Gasteiger partial charge < -0.3 is 0 Å². The third-order valence-electron chi connectivity index (χ3n) is 0. The Morgan fingerprint density at radius 2 is 0.900 bits per heavy atom. The van der Waals surface area contributed by atoms with E-state index in [0.717, 1.165) is 0 Å². The highest BCUT2D eigenvalue weighted by molar-refractivity contribution is 9.25. The molecule has 0 aromatic heterocycles. The Morgan fingerprint density at radius 1 is 0.900 bits per heavy atom. The van der Waals surface area contributed by atoms with Crippen LogP contribution in [0.2, 0.25) is 0 Å². The van der Waals surface area contributed by atoms with Gasteiger partial charge in [-0.25, -0.2) is 0 Å². The third kappa shape index (κ3) is 272. The molecule has 0 atom stereocenters. The average molecular weight is 347 g/mol. The first-order chi connectivity index (χ1) is 4.00. The smallest absolute Gasteiger partial charge is 0.189 e. The molecule has 0 amide bonds. The summed E-state index contributed by atoms with van der Waals surface area (Å²) in [5, 5.41) is 0. The Kier molecular flexibility index (Phi) is 7.50. The van der Waals surface area contributed by atoms with Gasteiger partial charge >= 0.3 is 7.79 Å². The molecule has 0 fully saturated rings. The van der Waals surface area contributed by atoms with E-state index < -0.39 is 7.79 Å². The highest BCUT2D eigenvalue weighted by Gasteiger charge is 2.15. The molecule has 0 radical (unpaired) electrons. The lowest BCUT2D eigenvalue weighted by atomic mass is 11.7. The average Bonchev–Trinajstić information content (AvgIpc) is 1.12. The fourth-order valence-corrected chi connectivity index (χ4v) is 0. The SMILES string of the molecule is FC(Cl)(Cl)Cl.FC(F)(Br)Br. The van der Waals surface area contributed by atoms with Crippen LogP contribution in [0.1, 0.15) is 0 Å². The first kappa shape index (κ1) is 14.2. The molecular formula is C2Br2Cl3F3. The maximum absolute atomic E-state index is 11.0. The van der Waals surface area contributed by atoms with Gasteiger partial charge in [0.15, 0.2) is 0 Å². The molecule has 64 valence electrons. The van der Waals surface area contributed by atoms with Crippen molar-refractivity contribution in [2.75, 3.05) is 0 Å². The summed E-state index contributed by atoms with van der Waals surface area (Å²) in [6.07, 6.45) is 0. The minimum atomic E-state index is -2.88. The lowest BCUT2D eigenvalue weighted by Gasteiger charge is -1.89. The van der Waals surface area contributed by atoms with Crippen LogP contribution < -0.4 is 0 Å². The molecule has 0 aliphatic rings. The largest absolute Gasteiger partial charge is 0.356 e. The Labute approximate surface area is 87.3 Å². The second-order valence-electron chi connectivity index (χ2n) is 0.857. The molecule has 0 rings (SSSR count). The first-order valence-corrected chi connectivity index (χ1v) is 4.23. The zero-order chi connectivity index (χ0) is 9.00. The molecule has 0 bridgehead atoms. The van der Waals surface area contributed by atoms with E-state index in [1.165, 1.54) is 0 Å². The minimum absolute atomic E-state index is 1.96. The molecule has 0 aliphatic heterocycles. The van der Waals surface area contributed by atoms with Crippen LogP contribution in [-0.4, -0.2) is 7.79 Å². The van der Waals surface area contributed by atoms with Crippen molar-refractivity contribution in [3.63, 3.8) is 0 Å². The van der Waals surface area contributed by atoms with E-state index in [9.17, 15) is 13.2 Å². The second-order valence-corrected chi connectivity index (χ2v) is 6.06. The Hall–Kier alpha value is 1.62. The van der Waals surface area contributed by atoms with E-state index in [2.05, 4.69) is 34.8 Å². The van der Waals surface area contributed by atoms with Crippen molar-refractivity contribution in [3.05, 3.63) is 0 Å². The van der Waals surface area contributed by atoms with Gasteiger partial charge in [0.05, 0.1) is 0 Å². The normalized spacial score (nSPS) is 12.0. The number of rotatable bonds is 0. The highest BCUT2D eigenvalue weighted by Crippen LogP contribution is 2.28. The molecule has 8 heteroatoms. The first-order valence-electron chi connectivity index (χ1n) is 1.51. The van der Waals surface area contributed by atoms with Gasteiger partial charge in [-0.15, -0.1) is 0 Å². The minimum Gasteiger partial charge on any atom is -0.189 e. The van der Waals surface area contributed by atoms with Crippen molar-refractivity contribution >= 4 is 66.7 Å². The van der Waals surface area contributed by atoms with E-state index in [1.54, 1.807) is 0 Å². The van der Waals surface area contributed by atoms with Crippen molar-refractivity contribution < 1.29 is 13.2 Å². The van der Waals surface area contributed by atoms with Crippen LogP contribution in [0.4, 0.5) is 13.2 Å². The van der Waals surface area contributed by atoms with Crippen LogP contribution in [0.25, 0.3) is 0 Å².